The van der Waals surface area contributed by atoms with Crippen molar-refractivity contribution in [2.75, 3.05) is 19.1 Å². The first kappa shape index (κ1) is 23.5. The summed E-state index contributed by atoms with van der Waals surface area (Å²) in [7, 11) is -1.80. The van der Waals surface area contributed by atoms with Crippen LogP contribution in [-0.2, 0) is 9.84 Å². The van der Waals surface area contributed by atoms with Gasteiger partial charge in [0.1, 0.15) is 5.69 Å². The number of aromatic nitrogens is 2. The molecule has 0 amide bonds. The maximum absolute atomic E-state index is 11.8. The van der Waals surface area contributed by atoms with Crippen molar-refractivity contribution in [2.45, 2.75) is 4.90 Å². The summed E-state index contributed by atoms with van der Waals surface area (Å²) in [6, 6.07) is 14.1. The van der Waals surface area contributed by atoms with E-state index in [9.17, 15) is 13.6 Å². The van der Waals surface area contributed by atoms with E-state index < -0.39 is 9.84 Å². The quantitative estimate of drug-likeness (QED) is 0.379. The summed E-state index contributed by atoms with van der Waals surface area (Å²) in [5.41, 5.74) is 3.32. The largest absolute Gasteiger partial charge is 0.287 e. The van der Waals surface area contributed by atoms with Gasteiger partial charge in [-0.15, -0.1) is 0 Å². The fraction of sp³-hybridized carbons (Fsp3) is 0.143. The van der Waals surface area contributed by atoms with Crippen LogP contribution < -0.4 is 0 Å². The highest BCUT2D eigenvalue weighted by Crippen LogP contribution is 2.32. The Bertz CT molecular complexity index is 1200. The van der Waals surface area contributed by atoms with Gasteiger partial charge < -0.3 is 0 Å². The highest BCUT2D eigenvalue weighted by molar-refractivity contribution is 8.22. The van der Waals surface area contributed by atoms with Gasteiger partial charge in [0.2, 0.25) is 0 Å². The summed E-state index contributed by atoms with van der Waals surface area (Å²) in [5, 5.41) is 15.5. The second kappa shape index (κ2) is 9.97. The van der Waals surface area contributed by atoms with Crippen molar-refractivity contribution in [3.05, 3.63) is 65.8 Å². The van der Waals surface area contributed by atoms with Crippen LogP contribution in [0.25, 0.3) is 28.6 Å². The van der Waals surface area contributed by atoms with E-state index >= 15 is 0 Å². The van der Waals surface area contributed by atoms with E-state index in [0.717, 1.165) is 21.8 Å². The first-order chi connectivity index (χ1) is 14.6. The second-order valence-electron chi connectivity index (χ2n) is 6.66. The van der Waals surface area contributed by atoms with Crippen LogP contribution >= 0.6 is 35.6 Å². The first-order valence-electron chi connectivity index (χ1n) is 9.07. The molecule has 0 spiro atoms. The molecule has 0 fully saturated rings. The van der Waals surface area contributed by atoms with E-state index in [-0.39, 0.29) is 4.90 Å². The van der Waals surface area contributed by atoms with Crippen LogP contribution in [0, 0.1) is 0 Å². The third-order valence-electron chi connectivity index (χ3n) is 4.27. The van der Waals surface area contributed by atoms with Gasteiger partial charge in [-0.1, -0.05) is 65.9 Å². The van der Waals surface area contributed by atoms with Gasteiger partial charge >= 0.3 is 0 Å². The van der Waals surface area contributed by atoms with Gasteiger partial charge in [-0.3, -0.25) is 5.21 Å². The fourth-order valence-corrected chi connectivity index (χ4v) is 4.22. The Balaban J connectivity index is 1.95. The molecule has 1 aromatic heterocycles. The van der Waals surface area contributed by atoms with Crippen molar-refractivity contribution in [3.63, 3.8) is 0 Å². The van der Waals surface area contributed by atoms with Crippen LogP contribution in [0.15, 0.2) is 65.7 Å². The van der Waals surface area contributed by atoms with E-state index in [2.05, 4.69) is 5.10 Å². The minimum Gasteiger partial charge on any atom is -0.287 e. The Hall–Kier alpha value is -2.17. The summed E-state index contributed by atoms with van der Waals surface area (Å²) in [6.07, 6.45) is 6.76. The maximum Gasteiger partial charge on any atom is 0.175 e. The molecular formula is C21H20ClN3O3S3. The molecule has 10 heteroatoms. The van der Waals surface area contributed by atoms with Crippen molar-refractivity contribution >= 4 is 55.9 Å². The highest BCUT2D eigenvalue weighted by Gasteiger charge is 2.14. The molecule has 0 saturated heterocycles. The molecule has 31 heavy (non-hydrogen) atoms. The number of benzene rings is 2. The van der Waals surface area contributed by atoms with Gasteiger partial charge in [0, 0.05) is 47.6 Å². The number of halogens is 1. The molecule has 2 aromatic carbocycles. The zero-order valence-electron chi connectivity index (χ0n) is 16.8. The van der Waals surface area contributed by atoms with Crippen LogP contribution in [0.5, 0.6) is 0 Å². The molecule has 0 saturated carbocycles. The van der Waals surface area contributed by atoms with Gasteiger partial charge in [0.25, 0.3) is 0 Å². The molecule has 0 atom stereocenters. The summed E-state index contributed by atoms with van der Waals surface area (Å²) in [6.45, 7) is 0. The third kappa shape index (κ3) is 6.18. The number of hydrogen-bond acceptors (Lipinski definition) is 6. The number of thiocarbonyl (C=S) groups is 1. The van der Waals surface area contributed by atoms with E-state index in [1.165, 1.54) is 25.1 Å². The number of thioether (sulfide) groups is 1. The Morgan fingerprint density at radius 3 is 2.39 bits per heavy atom. The van der Waals surface area contributed by atoms with Crippen molar-refractivity contribution in [1.29, 1.82) is 0 Å². The smallest absolute Gasteiger partial charge is 0.175 e. The zero-order chi connectivity index (χ0) is 22.6. The lowest BCUT2D eigenvalue weighted by molar-refractivity contribution is 0.0205. The zero-order valence-corrected chi connectivity index (χ0v) is 20.0. The molecule has 6 nitrogen and oxygen atoms in total. The number of hydroxylamine groups is 2. The Kier molecular flexibility index (Phi) is 7.55. The van der Waals surface area contributed by atoms with Crippen LogP contribution in [0.2, 0.25) is 5.02 Å². The Labute approximate surface area is 196 Å². The Morgan fingerprint density at radius 1 is 1.19 bits per heavy atom. The van der Waals surface area contributed by atoms with Crippen molar-refractivity contribution in [1.82, 2.24) is 14.8 Å². The van der Waals surface area contributed by atoms with Crippen LogP contribution in [0.3, 0.4) is 0 Å². The lowest BCUT2D eigenvalue weighted by atomic mass is 10.0. The molecule has 1 N–H and O–H groups in total. The average Bonchev–Trinajstić information content (AvgIpc) is 3.15. The maximum atomic E-state index is 11.8. The monoisotopic (exact) mass is 493 g/mol. The summed E-state index contributed by atoms with van der Waals surface area (Å²) < 4.78 is 25.6. The molecule has 0 aliphatic carbocycles. The van der Waals surface area contributed by atoms with E-state index in [1.807, 2.05) is 36.5 Å². The van der Waals surface area contributed by atoms with E-state index in [1.54, 1.807) is 35.1 Å². The van der Waals surface area contributed by atoms with Crippen molar-refractivity contribution < 1.29 is 13.6 Å². The number of sulfone groups is 1. The summed E-state index contributed by atoms with van der Waals surface area (Å²) in [4.78, 5) is 0.255. The molecule has 0 aliphatic heterocycles. The SMILES string of the molecule is CN(O)C(=S)SCC=Cn1cc(-c2ccc(Cl)cc2)c(-c2ccc(S(C)(=O)=O)cc2)n1. The predicted molar refractivity (Wildman–Crippen MR) is 131 cm³/mol. The van der Waals surface area contributed by atoms with Gasteiger partial charge in [-0.25, -0.2) is 18.2 Å². The van der Waals surface area contributed by atoms with Gasteiger partial charge in [0.05, 0.1) is 4.90 Å². The first-order valence-corrected chi connectivity index (χ1v) is 12.7. The van der Waals surface area contributed by atoms with E-state index in [4.69, 9.17) is 23.8 Å². The number of rotatable bonds is 6. The van der Waals surface area contributed by atoms with Gasteiger partial charge in [-0.05, 0) is 29.8 Å². The van der Waals surface area contributed by atoms with Crippen molar-refractivity contribution in [2.24, 2.45) is 0 Å². The van der Waals surface area contributed by atoms with Crippen molar-refractivity contribution in [3.8, 4) is 22.4 Å². The predicted octanol–water partition coefficient (Wildman–Crippen LogP) is 5.08. The van der Waals surface area contributed by atoms with Gasteiger partial charge in [-0.2, -0.15) is 5.10 Å². The fourth-order valence-electron chi connectivity index (χ4n) is 2.75. The van der Waals surface area contributed by atoms with E-state index in [0.29, 0.717) is 20.8 Å². The standard InChI is InChI=1S/C21H20ClN3O3S3/c1-24(26)21(29)30-13-3-12-25-14-19(15-4-8-17(22)9-5-15)20(23-25)16-6-10-18(11-7-16)31(2,27)28/h3-12,14,26H,13H2,1-2H3. The Morgan fingerprint density at radius 2 is 1.81 bits per heavy atom. The minimum atomic E-state index is -3.28. The average molecular weight is 494 g/mol. The molecule has 162 valence electrons. The topological polar surface area (TPSA) is 75.4 Å². The third-order valence-corrected chi connectivity index (χ3v) is 7.14. The summed E-state index contributed by atoms with van der Waals surface area (Å²) in [5.74, 6) is 0.568. The van der Waals surface area contributed by atoms with Crippen LogP contribution in [0.4, 0.5) is 0 Å². The molecule has 0 radical (unpaired) electrons. The summed E-state index contributed by atoms with van der Waals surface area (Å²) >= 11 is 12.4. The second-order valence-corrected chi connectivity index (χ2v) is 10.8. The number of hydrogen-bond donors (Lipinski definition) is 1. The molecule has 0 unspecified atom stereocenters. The lowest BCUT2D eigenvalue weighted by Crippen LogP contribution is -2.17. The molecule has 0 bridgehead atoms. The molecule has 3 aromatic rings. The highest BCUT2D eigenvalue weighted by atomic mass is 35.5. The normalized spacial score (nSPS) is 11.7. The van der Waals surface area contributed by atoms with Gasteiger partial charge in [0.15, 0.2) is 14.2 Å². The van der Waals surface area contributed by atoms with Crippen LogP contribution in [-0.4, -0.2) is 51.8 Å². The number of nitrogens with zero attached hydrogens (tertiary/aromatic N) is 3. The molecule has 3 rings (SSSR count). The van der Waals surface area contributed by atoms with Crippen LogP contribution in [0.1, 0.15) is 0 Å². The molecular weight excluding hydrogens is 474 g/mol. The molecule has 0 aliphatic rings. The molecule has 1 heterocycles. The lowest BCUT2D eigenvalue weighted by Gasteiger charge is -2.08. The minimum absolute atomic E-state index is 0.255.